The number of pyridine rings is 2. The summed E-state index contributed by atoms with van der Waals surface area (Å²) in [5, 5.41) is 11.8. The molecule has 4 aromatic heterocycles. The number of H-pyrrole nitrogens is 1. The van der Waals surface area contributed by atoms with E-state index < -0.39 is 0 Å². The summed E-state index contributed by atoms with van der Waals surface area (Å²) in [5.74, 6) is 0.0960. The molecule has 1 saturated carbocycles. The van der Waals surface area contributed by atoms with Gasteiger partial charge in [0.25, 0.3) is 11.5 Å². The summed E-state index contributed by atoms with van der Waals surface area (Å²) in [7, 11) is 0. The Balaban J connectivity index is 1.14. The van der Waals surface area contributed by atoms with Crippen LogP contribution in [-0.4, -0.2) is 36.5 Å². The number of amides is 1. The number of aromatic amines is 1. The number of rotatable bonds is 4. The van der Waals surface area contributed by atoms with Crippen molar-refractivity contribution in [1.82, 2.24) is 29.9 Å². The molecule has 35 heavy (non-hydrogen) atoms. The van der Waals surface area contributed by atoms with E-state index in [4.69, 9.17) is 0 Å². The zero-order valence-corrected chi connectivity index (χ0v) is 19.0. The van der Waals surface area contributed by atoms with Crippen molar-refractivity contribution in [1.29, 1.82) is 0 Å². The molecular formula is C27H24N6O2. The summed E-state index contributed by atoms with van der Waals surface area (Å²) in [4.78, 5) is 33.8. The van der Waals surface area contributed by atoms with Gasteiger partial charge in [0.2, 0.25) is 0 Å². The molecule has 1 fully saturated rings. The molecule has 8 heteroatoms. The largest absolute Gasteiger partial charge is 0.348 e. The molecule has 0 aliphatic heterocycles. The van der Waals surface area contributed by atoms with Crippen molar-refractivity contribution in [2.45, 2.75) is 37.6 Å². The van der Waals surface area contributed by atoms with Crippen LogP contribution in [0.15, 0.2) is 78.1 Å². The van der Waals surface area contributed by atoms with Gasteiger partial charge >= 0.3 is 0 Å². The Labute approximate surface area is 201 Å². The highest BCUT2D eigenvalue weighted by atomic mass is 16.2. The number of hydrogen-bond donors (Lipinski definition) is 2. The minimum atomic E-state index is -0.162. The Bertz CT molecular complexity index is 1580. The van der Waals surface area contributed by atoms with Gasteiger partial charge in [-0.3, -0.25) is 14.6 Å². The topological polar surface area (TPSA) is 105 Å². The van der Waals surface area contributed by atoms with Crippen LogP contribution in [0.25, 0.3) is 27.5 Å². The molecule has 4 heterocycles. The second kappa shape index (κ2) is 8.79. The molecule has 6 rings (SSSR count). The highest BCUT2D eigenvalue weighted by Crippen LogP contribution is 2.34. The first-order valence-electron chi connectivity index (χ1n) is 11.8. The van der Waals surface area contributed by atoms with Crippen LogP contribution in [0.4, 0.5) is 0 Å². The lowest BCUT2D eigenvalue weighted by Gasteiger charge is -2.29. The van der Waals surface area contributed by atoms with Gasteiger partial charge in [0, 0.05) is 47.7 Å². The zero-order valence-electron chi connectivity index (χ0n) is 19.0. The fourth-order valence-corrected chi connectivity index (χ4v) is 5.02. The standard InChI is InChI=1S/C27H24N6O2/c34-26-22-6-2-1-5-21(22)25(31-32-26)17-7-9-20(10-8-17)29-27(35)23-16-33-13-11-18(14-24(33)30-23)19-4-3-12-28-15-19/h1-6,11-17,20H,7-10H2,(H,29,35)(H,32,34). The average Bonchev–Trinajstić information content (AvgIpc) is 3.34. The Kier molecular flexibility index (Phi) is 5.33. The van der Waals surface area contributed by atoms with E-state index in [2.05, 4.69) is 25.5 Å². The monoisotopic (exact) mass is 464 g/mol. The molecule has 5 aromatic rings. The van der Waals surface area contributed by atoms with Crippen LogP contribution in [0.3, 0.4) is 0 Å². The smallest absolute Gasteiger partial charge is 0.272 e. The first-order chi connectivity index (χ1) is 17.2. The first-order valence-corrected chi connectivity index (χ1v) is 11.8. The Morgan fingerprint density at radius 3 is 2.63 bits per heavy atom. The molecule has 1 aliphatic rings. The number of fused-ring (bicyclic) bond motifs is 2. The van der Waals surface area contributed by atoms with E-state index in [1.165, 1.54) is 0 Å². The summed E-state index contributed by atoms with van der Waals surface area (Å²) < 4.78 is 1.86. The number of carbonyl (C=O) groups excluding carboxylic acids is 1. The lowest BCUT2D eigenvalue weighted by atomic mass is 9.82. The molecule has 0 bridgehead atoms. The fraction of sp³-hybridized carbons (Fsp3) is 0.222. The second-order valence-electron chi connectivity index (χ2n) is 9.05. The first kappa shape index (κ1) is 21.2. The Hall–Kier alpha value is -4.33. The van der Waals surface area contributed by atoms with Crippen molar-refractivity contribution < 1.29 is 4.79 Å². The van der Waals surface area contributed by atoms with Crippen molar-refractivity contribution in [2.75, 3.05) is 0 Å². The third kappa shape index (κ3) is 4.07. The van der Waals surface area contributed by atoms with E-state index in [1.807, 2.05) is 65.3 Å². The molecular weight excluding hydrogens is 440 g/mol. The Morgan fingerprint density at radius 1 is 1.00 bits per heavy atom. The van der Waals surface area contributed by atoms with Gasteiger partial charge in [-0.1, -0.05) is 24.3 Å². The molecule has 174 valence electrons. The maximum Gasteiger partial charge on any atom is 0.272 e. The van der Waals surface area contributed by atoms with Crippen LogP contribution in [0, 0.1) is 0 Å². The summed E-state index contributed by atoms with van der Waals surface area (Å²) >= 11 is 0. The summed E-state index contributed by atoms with van der Waals surface area (Å²) in [6, 6.07) is 15.5. The maximum absolute atomic E-state index is 13.0. The molecule has 0 radical (unpaired) electrons. The normalized spacial score (nSPS) is 18.1. The third-order valence-electron chi connectivity index (χ3n) is 6.86. The number of imidazole rings is 1. The van der Waals surface area contributed by atoms with Crippen LogP contribution in [0.1, 0.15) is 47.8 Å². The molecule has 1 aromatic carbocycles. The van der Waals surface area contributed by atoms with Crippen molar-refractivity contribution >= 4 is 22.3 Å². The quantitative estimate of drug-likeness (QED) is 0.417. The number of benzene rings is 1. The summed E-state index contributed by atoms with van der Waals surface area (Å²) in [6.45, 7) is 0. The van der Waals surface area contributed by atoms with E-state index in [0.29, 0.717) is 11.1 Å². The van der Waals surface area contributed by atoms with Gasteiger partial charge < -0.3 is 9.72 Å². The van der Waals surface area contributed by atoms with Crippen LogP contribution < -0.4 is 10.9 Å². The van der Waals surface area contributed by atoms with Crippen molar-refractivity contribution in [2.24, 2.45) is 0 Å². The highest BCUT2D eigenvalue weighted by Gasteiger charge is 2.27. The van der Waals surface area contributed by atoms with Crippen LogP contribution in [0.2, 0.25) is 0 Å². The number of aromatic nitrogens is 5. The van der Waals surface area contributed by atoms with Gasteiger partial charge in [0.1, 0.15) is 11.3 Å². The predicted octanol–water partition coefficient (Wildman–Crippen LogP) is 4.09. The minimum Gasteiger partial charge on any atom is -0.348 e. The van der Waals surface area contributed by atoms with E-state index in [1.54, 1.807) is 12.4 Å². The van der Waals surface area contributed by atoms with Gasteiger partial charge in [-0.2, -0.15) is 5.10 Å². The van der Waals surface area contributed by atoms with E-state index in [0.717, 1.165) is 53.5 Å². The van der Waals surface area contributed by atoms with E-state index in [9.17, 15) is 9.59 Å². The molecule has 0 unspecified atom stereocenters. The zero-order chi connectivity index (χ0) is 23.8. The molecule has 0 atom stereocenters. The van der Waals surface area contributed by atoms with Crippen molar-refractivity contribution in [3.05, 3.63) is 95.1 Å². The van der Waals surface area contributed by atoms with Gasteiger partial charge in [-0.05, 0) is 55.5 Å². The number of nitrogens with one attached hydrogen (secondary N) is 2. The number of nitrogens with zero attached hydrogens (tertiary/aromatic N) is 4. The van der Waals surface area contributed by atoms with Gasteiger partial charge in [0.15, 0.2) is 0 Å². The molecule has 0 saturated heterocycles. The van der Waals surface area contributed by atoms with Gasteiger partial charge in [-0.15, -0.1) is 0 Å². The predicted molar refractivity (Wildman–Crippen MR) is 133 cm³/mol. The Morgan fingerprint density at radius 2 is 1.83 bits per heavy atom. The van der Waals surface area contributed by atoms with E-state index >= 15 is 0 Å². The van der Waals surface area contributed by atoms with Crippen molar-refractivity contribution in [3.63, 3.8) is 0 Å². The average molecular weight is 465 g/mol. The van der Waals surface area contributed by atoms with E-state index in [-0.39, 0.29) is 23.4 Å². The highest BCUT2D eigenvalue weighted by molar-refractivity contribution is 5.93. The van der Waals surface area contributed by atoms with Crippen LogP contribution in [-0.2, 0) is 0 Å². The van der Waals surface area contributed by atoms with Crippen molar-refractivity contribution in [3.8, 4) is 11.1 Å². The minimum absolute atomic E-state index is 0.0866. The molecule has 1 amide bonds. The lowest BCUT2D eigenvalue weighted by molar-refractivity contribution is 0.0921. The number of carbonyl (C=O) groups is 1. The second-order valence-corrected chi connectivity index (χ2v) is 9.05. The van der Waals surface area contributed by atoms with Gasteiger partial charge in [0.05, 0.1) is 11.1 Å². The molecule has 8 nitrogen and oxygen atoms in total. The molecule has 0 spiro atoms. The fourth-order valence-electron chi connectivity index (χ4n) is 5.02. The van der Waals surface area contributed by atoms with Gasteiger partial charge in [-0.25, -0.2) is 10.1 Å². The summed E-state index contributed by atoms with van der Waals surface area (Å²) in [5.41, 5.74) is 3.91. The number of hydrogen-bond acceptors (Lipinski definition) is 5. The molecule has 1 aliphatic carbocycles. The third-order valence-corrected chi connectivity index (χ3v) is 6.86. The lowest BCUT2D eigenvalue weighted by Crippen LogP contribution is -2.37. The van der Waals surface area contributed by atoms with Crippen LogP contribution >= 0.6 is 0 Å². The molecule has 2 N–H and O–H groups in total. The SMILES string of the molecule is O=C(NC1CCC(c2n[nH]c(=O)c3ccccc23)CC1)c1cn2ccc(-c3cccnc3)cc2n1. The maximum atomic E-state index is 13.0. The van der Waals surface area contributed by atoms with Crippen LogP contribution in [0.5, 0.6) is 0 Å². The summed E-state index contributed by atoms with van der Waals surface area (Å²) in [6.07, 6.45) is 10.7.